The number of hydrogen-bond donors (Lipinski definition) is 1. The van der Waals surface area contributed by atoms with Crippen molar-refractivity contribution < 1.29 is 9.59 Å². The van der Waals surface area contributed by atoms with Crippen LogP contribution in [-0.4, -0.2) is 18.0 Å². The number of imide groups is 1. The third-order valence-electron chi connectivity index (χ3n) is 2.15. The van der Waals surface area contributed by atoms with E-state index in [-0.39, 0.29) is 11.9 Å². The molecule has 0 aliphatic carbocycles. The highest BCUT2D eigenvalue weighted by atomic mass is 16.2. The van der Waals surface area contributed by atoms with Crippen molar-refractivity contribution in [3.05, 3.63) is 30.3 Å². The van der Waals surface area contributed by atoms with Crippen LogP contribution in [0.3, 0.4) is 0 Å². The predicted molar refractivity (Wildman–Crippen MR) is 51.9 cm³/mol. The maximum atomic E-state index is 11.6. The zero-order valence-electron chi connectivity index (χ0n) is 7.73. The number of urea groups is 1. The Morgan fingerprint density at radius 2 is 1.86 bits per heavy atom. The van der Waals surface area contributed by atoms with E-state index in [1.165, 1.54) is 0 Å². The first kappa shape index (κ1) is 8.74. The van der Waals surface area contributed by atoms with Crippen molar-refractivity contribution in [1.29, 1.82) is 0 Å². The number of benzene rings is 1. The first-order valence-electron chi connectivity index (χ1n) is 4.39. The smallest absolute Gasteiger partial charge is 0.326 e. The Balaban J connectivity index is 2.36. The van der Waals surface area contributed by atoms with Crippen molar-refractivity contribution in [3.63, 3.8) is 0 Å². The standard InChI is InChI=1S/C10H10N2O2/c1-7-9(13)12(10(14)11-7)8-5-3-2-4-6-8/h2-7H,1H3,(H,11,14)/t7-/m1/s1. The maximum absolute atomic E-state index is 11.6. The number of carbonyl (C=O) groups excluding carboxylic acids is 2. The zero-order chi connectivity index (χ0) is 10.1. The second-order valence-corrected chi connectivity index (χ2v) is 3.18. The molecule has 3 amide bonds. The SMILES string of the molecule is C[C@H]1NC(=O)N(c2ccccc2)C1=O. The minimum absolute atomic E-state index is 0.207. The summed E-state index contributed by atoms with van der Waals surface area (Å²) in [6.07, 6.45) is 0. The van der Waals surface area contributed by atoms with Crippen molar-refractivity contribution >= 4 is 17.6 Å². The second-order valence-electron chi connectivity index (χ2n) is 3.18. The molecule has 0 radical (unpaired) electrons. The van der Waals surface area contributed by atoms with E-state index < -0.39 is 6.04 Å². The lowest BCUT2D eigenvalue weighted by atomic mass is 10.3. The van der Waals surface area contributed by atoms with Crippen LogP contribution in [-0.2, 0) is 4.79 Å². The summed E-state index contributed by atoms with van der Waals surface area (Å²) in [5.74, 6) is -0.207. The van der Waals surface area contributed by atoms with E-state index in [1.807, 2.05) is 6.07 Å². The lowest BCUT2D eigenvalue weighted by Crippen LogP contribution is -2.30. The van der Waals surface area contributed by atoms with Crippen LogP contribution >= 0.6 is 0 Å². The third-order valence-corrected chi connectivity index (χ3v) is 2.15. The summed E-state index contributed by atoms with van der Waals surface area (Å²) in [7, 11) is 0. The topological polar surface area (TPSA) is 49.4 Å². The monoisotopic (exact) mass is 190 g/mol. The third kappa shape index (κ3) is 1.25. The van der Waals surface area contributed by atoms with Gasteiger partial charge in [-0.25, -0.2) is 9.69 Å². The summed E-state index contributed by atoms with van der Waals surface area (Å²) >= 11 is 0. The number of nitrogens with one attached hydrogen (secondary N) is 1. The predicted octanol–water partition coefficient (Wildman–Crippen LogP) is 1.13. The molecule has 1 heterocycles. The molecule has 1 atom stereocenters. The van der Waals surface area contributed by atoms with E-state index in [4.69, 9.17) is 0 Å². The average Bonchev–Trinajstić information content (AvgIpc) is 2.43. The average molecular weight is 190 g/mol. The highest BCUT2D eigenvalue weighted by Crippen LogP contribution is 2.18. The Kier molecular flexibility index (Phi) is 1.96. The summed E-state index contributed by atoms with van der Waals surface area (Å²) in [5, 5.41) is 2.55. The summed E-state index contributed by atoms with van der Waals surface area (Å²) in [4.78, 5) is 24.1. The Bertz CT molecular complexity index is 375. The van der Waals surface area contributed by atoms with Gasteiger partial charge in [-0.2, -0.15) is 0 Å². The van der Waals surface area contributed by atoms with Crippen molar-refractivity contribution in [2.45, 2.75) is 13.0 Å². The lowest BCUT2D eigenvalue weighted by Gasteiger charge is -2.11. The van der Waals surface area contributed by atoms with Crippen LogP contribution in [0.1, 0.15) is 6.92 Å². The van der Waals surface area contributed by atoms with Crippen molar-refractivity contribution in [3.8, 4) is 0 Å². The van der Waals surface area contributed by atoms with Gasteiger partial charge in [-0.05, 0) is 19.1 Å². The fraction of sp³-hybridized carbons (Fsp3) is 0.200. The van der Waals surface area contributed by atoms with E-state index in [1.54, 1.807) is 31.2 Å². The van der Waals surface area contributed by atoms with Gasteiger partial charge in [0.1, 0.15) is 6.04 Å². The molecular weight excluding hydrogens is 180 g/mol. The van der Waals surface area contributed by atoms with Crippen molar-refractivity contribution in [2.24, 2.45) is 0 Å². The molecule has 14 heavy (non-hydrogen) atoms. The first-order valence-corrected chi connectivity index (χ1v) is 4.39. The molecule has 1 N–H and O–H groups in total. The van der Waals surface area contributed by atoms with E-state index >= 15 is 0 Å². The molecule has 4 nitrogen and oxygen atoms in total. The van der Waals surface area contributed by atoms with Crippen LogP contribution < -0.4 is 10.2 Å². The molecule has 1 fully saturated rings. The molecular formula is C10H10N2O2. The number of hydrogen-bond acceptors (Lipinski definition) is 2. The van der Waals surface area contributed by atoms with Crippen molar-refractivity contribution in [2.75, 3.05) is 4.90 Å². The molecule has 1 aliphatic heterocycles. The molecule has 2 rings (SSSR count). The van der Waals surface area contributed by atoms with Gasteiger partial charge in [0, 0.05) is 0 Å². The number of amides is 3. The summed E-state index contributed by atoms with van der Waals surface area (Å²) in [6.45, 7) is 1.67. The van der Waals surface area contributed by atoms with Crippen LogP contribution in [0.2, 0.25) is 0 Å². The molecule has 0 saturated carbocycles. The molecule has 1 saturated heterocycles. The summed E-state index contributed by atoms with van der Waals surface area (Å²) in [5.41, 5.74) is 0.611. The van der Waals surface area contributed by atoms with Gasteiger partial charge in [-0.1, -0.05) is 18.2 Å². The number of nitrogens with zero attached hydrogens (tertiary/aromatic N) is 1. The molecule has 0 spiro atoms. The Hall–Kier alpha value is -1.84. The van der Waals surface area contributed by atoms with Crippen LogP contribution in [0.4, 0.5) is 10.5 Å². The van der Waals surface area contributed by atoms with Gasteiger partial charge in [0.25, 0.3) is 5.91 Å². The lowest BCUT2D eigenvalue weighted by molar-refractivity contribution is -0.117. The van der Waals surface area contributed by atoms with Gasteiger partial charge in [-0.3, -0.25) is 4.79 Å². The molecule has 0 aromatic heterocycles. The minimum atomic E-state index is -0.428. The Morgan fingerprint density at radius 3 is 2.36 bits per heavy atom. The van der Waals surface area contributed by atoms with E-state index in [0.29, 0.717) is 5.69 Å². The summed E-state index contributed by atoms with van der Waals surface area (Å²) < 4.78 is 0. The van der Waals surface area contributed by atoms with E-state index in [0.717, 1.165) is 4.90 Å². The molecule has 0 bridgehead atoms. The van der Waals surface area contributed by atoms with Gasteiger partial charge in [0.05, 0.1) is 5.69 Å². The van der Waals surface area contributed by atoms with Crippen LogP contribution in [0.15, 0.2) is 30.3 Å². The molecule has 4 heteroatoms. The van der Waals surface area contributed by atoms with Gasteiger partial charge >= 0.3 is 6.03 Å². The van der Waals surface area contributed by atoms with Crippen LogP contribution in [0.5, 0.6) is 0 Å². The number of para-hydroxylation sites is 1. The zero-order valence-corrected chi connectivity index (χ0v) is 7.73. The van der Waals surface area contributed by atoms with Gasteiger partial charge in [0.15, 0.2) is 0 Å². The van der Waals surface area contributed by atoms with Crippen LogP contribution in [0.25, 0.3) is 0 Å². The Morgan fingerprint density at radius 1 is 1.21 bits per heavy atom. The van der Waals surface area contributed by atoms with Crippen LogP contribution in [0, 0.1) is 0 Å². The molecule has 72 valence electrons. The normalized spacial score (nSPS) is 21.2. The first-order chi connectivity index (χ1) is 6.70. The number of carbonyl (C=O) groups is 2. The minimum Gasteiger partial charge on any atom is -0.326 e. The number of rotatable bonds is 1. The fourth-order valence-electron chi connectivity index (χ4n) is 1.43. The van der Waals surface area contributed by atoms with Gasteiger partial charge in [0.2, 0.25) is 0 Å². The molecule has 1 aromatic rings. The van der Waals surface area contributed by atoms with Gasteiger partial charge < -0.3 is 5.32 Å². The molecule has 1 aliphatic rings. The fourth-order valence-corrected chi connectivity index (χ4v) is 1.43. The highest BCUT2D eigenvalue weighted by Gasteiger charge is 2.35. The highest BCUT2D eigenvalue weighted by molar-refractivity contribution is 6.21. The Labute approximate surface area is 81.5 Å². The van der Waals surface area contributed by atoms with Crippen molar-refractivity contribution in [1.82, 2.24) is 5.32 Å². The quantitative estimate of drug-likeness (QED) is 0.675. The maximum Gasteiger partial charge on any atom is 0.329 e. The second kappa shape index (κ2) is 3.14. The van der Waals surface area contributed by atoms with Gasteiger partial charge in [-0.15, -0.1) is 0 Å². The van der Waals surface area contributed by atoms with E-state index in [9.17, 15) is 9.59 Å². The molecule has 1 aromatic carbocycles. The largest absolute Gasteiger partial charge is 0.329 e. The number of anilines is 1. The van der Waals surface area contributed by atoms with E-state index in [2.05, 4.69) is 5.32 Å². The molecule has 0 unspecified atom stereocenters. The summed E-state index contributed by atoms with van der Waals surface area (Å²) in [6, 6.07) is 8.10.